The van der Waals surface area contributed by atoms with E-state index in [2.05, 4.69) is 5.43 Å². The van der Waals surface area contributed by atoms with Gasteiger partial charge in [0.1, 0.15) is 5.82 Å². The fraction of sp³-hybridized carbons (Fsp3) is 0.571. The van der Waals surface area contributed by atoms with Crippen LogP contribution in [0.2, 0.25) is 0 Å². The van der Waals surface area contributed by atoms with Crippen LogP contribution in [-0.4, -0.2) is 12.7 Å². The van der Waals surface area contributed by atoms with Crippen molar-refractivity contribution in [2.24, 2.45) is 5.84 Å². The van der Waals surface area contributed by atoms with Gasteiger partial charge in [0.05, 0.1) is 5.60 Å². The van der Waals surface area contributed by atoms with Gasteiger partial charge in [-0.05, 0) is 55.9 Å². The first-order chi connectivity index (χ1) is 8.60. The smallest absolute Gasteiger partial charge is 0.123 e. The van der Waals surface area contributed by atoms with Gasteiger partial charge < -0.3 is 4.74 Å². The predicted octanol–water partition coefficient (Wildman–Crippen LogP) is 2.60. The molecule has 18 heavy (non-hydrogen) atoms. The molecule has 1 aliphatic carbocycles. The molecule has 1 unspecified atom stereocenters. The van der Waals surface area contributed by atoms with Crippen LogP contribution in [-0.2, 0) is 4.74 Å². The second-order valence-corrected chi connectivity index (χ2v) is 5.16. The minimum Gasteiger partial charge on any atom is -0.378 e. The Kier molecular flexibility index (Phi) is 4.00. The number of hydrazine groups is 1. The molecule has 1 atom stereocenters. The van der Waals surface area contributed by atoms with E-state index in [0.717, 1.165) is 30.4 Å². The van der Waals surface area contributed by atoms with E-state index in [-0.39, 0.29) is 17.5 Å². The van der Waals surface area contributed by atoms with Crippen LogP contribution in [0.25, 0.3) is 0 Å². The lowest BCUT2D eigenvalue weighted by atomic mass is 9.74. The van der Waals surface area contributed by atoms with E-state index >= 15 is 0 Å². The molecular formula is C14H21FN2O. The van der Waals surface area contributed by atoms with E-state index in [4.69, 9.17) is 10.6 Å². The van der Waals surface area contributed by atoms with Crippen LogP contribution >= 0.6 is 0 Å². The molecule has 1 aromatic rings. The van der Waals surface area contributed by atoms with E-state index in [1.807, 2.05) is 6.92 Å². The zero-order chi connectivity index (χ0) is 13.2. The maximum atomic E-state index is 13.1. The Labute approximate surface area is 107 Å². The van der Waals surface area contributed by atoms with Crippen molar-refractivity contribution in [1.29, 1.82) is 0 Å². The molecule has 1 fully saturated rings. The SMILES string of the molecule is COC1(CC(NN)c2ccc(F)cc2C)CCC1. The van der Waals surface area contributed by atoms with Crippen molar-refractivity contribution in [1.82, 2.24) is 5.43 Å². The van der Waals surface area contributed by atoms with E-state index in [9.17, 15) is 4.39 Å². The molecule has 0 radical (unpaired) electrons. The van der Waals surface area contributed by atoms with Crippen LogP contribution in [0.1, 0.15) is 42.9 Å². The number of ether oxygens (including phenoxy) is 1. The molecule has 0 bridgehead atoms. The fourth-order valence-corrected chi connectivity index (χ4v) is 2.72. The fourth-order valence-electron chi connectivity index (χ4n) is 2.72. The third kappa shape index (κ3) is 2.55. The summed E-state index contributed by atoms with van der Waals surface area (Å²) in [5.74, 6) is 5.44. The van der Waals surface area contributed by atoms with Crippen LogP contribution in [0.3, 0.4) is 0 Å². The van der Waals surface area contributed by atoms with Gasteiger partial charge in [0.15, 0.2) is 0 Å². The average molecular weight is 252 g/mol. The number of hydrogen-bond donors (Lipinski definition) is 2. The number of aryl methyl sites for hydroxylation is 1. The van der Waals surface area contributed by atoms with E-state index in [1.165, 1.54) is 12.5 Å². The van der Waals surface area contributed by atoms with Crippen molar-refractivity contribution in [2.45, 2.75) is 44.2 Å². The highest BCUT2D eigenvalue weighted by Gasteiger charge is 2.39. The Morgan fingerprint density at radius 2 is 2.22 bits per heavy atom. The Morgan fingerprint density at radius 3 is 2.67 bits per heavy atom. The van der Waals surface area contributed by atoms with Crippen LogP contribution in [0.5, 0.6) is 0 Å². The van der Waals surface area contributed by atoms with Gasteiger partial charge in [-0.15, -0.1) is 0 Å². The van der Waals surface area contributed by atoms with Crippen molar-refractivity contribution in [2.75, 3.05) is 7.11 Å². The van der Waals surface area contributed by atoms with E-state index in [0.29, 0.717) is 0 Å². The number of benzene rings is 1. The normalized spacial score (nSPS) is 19.3. The standard InChI is InChI=1S/C14H21FN2O/c1-10-8-11(15)4-5-12(10)13(17-16)9-14(18-2)6-3-7-14/h4-5,8,13,17H,3,6-7,9,16H2,1-2H3. The highest BCUT2D eigenvalue weighted by Crippen LogP contribution is 2.42. The third-order valence-electron chi connectivity index (χ3n) is 4.08. The number of rotatable bonds is 5. The molecule has 100 valence electrons. The summed E-state index contributed by atoms with van der Waals surface area (Å²) in [5.41, 5.74) is 4.74. The Morgan fingerprint density at radius 1 is 1.50 bits per heavy atom. The van der Waals surface area contributed by atoms with Gasteiger partial charge in [-0.1, -0.05) is 6.07 Å². The predicted molar refractivity (Wildman–Crippen MR) is 69.4 cm³/mol. The molecule has 0 aromatic heterocycles. The van der Waals surface area contributed by atoms with Gasteiger partial charge in [0, 0.05) is 13.2 Å². The molecule has 1 aromatic carbocycles. The van der Waals surface area contributed by atoms with Gasteiger partial charge in [0.2, 0.25) is 0 Å². The van der Waals surface area contributed by atoms with Crippen LogP contribution in [0.15, 0.2) is 18.2 Å². The first kappa shape index (κ1) is 13.5. The van der Waals surface area contributed by atoms with Gasteiger partial charge in [0.25, 0.3) is 0 Å². The molecule has 1 aliphatic rings. The van der Waals surface area contributed by atoms with Crippen LogP contribution in [0, 0.1) is 12.7 Å². The molecule has 3 nitrogen and oxygen atoms in total. The summed E-state index contributed by atoms with van der Waals surface area (Å²) in [5, 5.41) is 0. The van der Waals surface area contributed by atoms with Crippen molar-refractivity contribution < 1.29 is 9.13 Å². The molecule has 0 aliphatic heterocycles. The minimum absolute atomic E-state index is 0.00542. The number of nitrogens with two attached hydrogens (primary N) is 1. The maximum absolute atomic E-state index is 13.1. The van der Waals surface area contributed by atoms with Crippen LogP contribution in [0.4, 0.5) is 4.39 Å². The third-order valence-corrected chi connectivity index (χ3v) is 4.08. The summed E-state index contributed by atoms with van der Waals surface area (Å²) < 4.78 is 18.7. The molecular weight excluding hydrogens is 231 g/mol. The highest BCUT2D eigenvalue weighted by atomic mass is 19.1. The van der Waals surface area contributed by atoms with Gasteiger partial charge in [-0.2, -0.15) is 0 Å². The Bertz CT molecular complexity index is 413. The zero-order valence-electron chi connectivity index (χ0n) is 11.0. The minimum atomic E-state index is -0.211. The largest absolute Gasteiger partial charge is 0.378 e. The maximum Gasteiger partial charge on any atom is 0.123 e. The molecule has 0 heterocycles. The second kappa shape index (κ2) is 5.34. The molecule has 3 N–H and O–H groups in total. The van der Waals surface area contributed by atoms with E-state index < -0.39 is 0 Å². The summed E-state index contributed by atoms with van der Waals surface area (Å²) >= 11 is 0. The van der Waals surface area contributed by atoms with Gasteiger partial charge in [-0.3, -0.25) is 11.3 Å². The van der Waals surface area contributed by atoms with Crippen LogP contribution < -0.4 is 11.3 Å². The van der Waals surface area contributed by atoms with Gasteiger partial charge in [-0.25, -0.2) is 4.39 Å². The van der Waals surface area contributed by atoms with Crippen molar-refractivity contribution in [3.63, 3.8) is 0 Å². The number of nitrogens with one attached hydrogen (secondary N) is 1. The first-order valence-electron chi connectivity index (χ1n) is 6.37. The van der Waals surface area contributed by atoms with Crippen molar-refractivity contribution in [3.05, 3.63) is 35.1 Å². The van der Waals surface area contributed by atoms with Crippen molar-refractivity contribution in [3.8, 4) is 0 Å². The average Bonchev–Trinajstić information content (AvgIpc) is 2.30. The molecule has 2 rings (SSSR count). The lowest BCUT2D eigenvalue weighted by Crippen LogP contribution is -2.44. The molecule has 0 saturated heterocycles. The first-order valence-corrected chi connectivity index (χ1v) is 6.37. The molecule has 1 saturated carbocycles. The Balaban J connectivity index is 2.17. The second-order valence-electron chi connectivity index (χ2n) is 5.16. The lowest BCUT2D eigenvalue weighted by Gasteiger charge is -2.43. The monoisotopic (exact) mass is 252 g/mol. The zero-order valence-corrected chi connectivity index (χ0v) is 11.0. The van der Waals surface area contributed by atoms with E-state index in [1.54, 1.807) is 19.2 Å². The number of hydrogen-bond acceptors (Lipinski definition) is 3. The van der Waals surface area contributed by atoms with Crippen molar-refractivity contribution >= 4 is 0 Å². The lowest BCUT2D eigenvalue weighted by molar-refractivity contribution is -0.0838. The summed E-state index contributed by atoms with van der Waals surface area (Å²) in [6.07, 6.45) is 4.17. The summed E-state index contributed by atoms with van der Waals surface area (Å²) in [6, 6.07) is 4.83. The molecule has 0 spiro atoms. The molecule has 4 heteroatoms. The Hall–Kier alpha value is -0.970. The summed E-state index contributed by atoms with van der Waals surface area (Å²) in [6.45, 7) is 1.91. The summed E-state index contributed by atoms with van der Waals surface area (Å²) in [4.78, 5) is 0. The summed E-state index contributed by atoms with van der Waals surface area (Å²) in [7, 11) is 1.75. The topological polar surface area (TPSA) is 47.3 Å². The number of halogens is 1. The molecule has 0 amide bonds. The quantitative estimate of drug-likeness (QED) is 0.625. The van der Waals surface area contributed by atoms with Gasteiger partial charge >= 0.3 is 0 Å². The highest BCUT2D eigenvalue weighted by molar-refractivity contribution is 5.30. The number of methoxy groups -OCH3 is 1.